The first-order chi connectivity index (χ1) is 7.91. The van der Waals surface area contributed by atoms with Crippen molar-refractivity contribution in [3.8, 4) is 0 Å². The first kappa shape index (κ1) is 13.4. The predicted molar refractivity (Wildman–Crippen MR) is 65.0 cm³/mol. The van der Waals surface area contributed by atoms with Crippen molar-refractivity contribution in [2.75, 3.05) is 11.9 Å². The van der Waals surface area contributed by atoms with E-state index >= 15 is 0 Å². The average molecular weight is 239 g/mol. The first-order valence-corrected chi connectivity index (χ1v) is 5.43. The molecule has 6 nitrogen and oxygen atoms in total. The van der Waals surface area contributed by atoms with Crippen LogP contribution in [-0.2, 0) is 0 Å². The summed E-state index contributed by atoms with van der Waals surface area (Å²) in [5, 5.41) is 23.1. The zero-order valence-corrected chi connectivity index (χ0v) is 10.2. The van der Waals surface area contributed by atoms with E-state index in [4.69, 9.17) is 0 Å². The molecule has 1 unspecified atom stereocenters. The smallest absolute Gasteiger partial charge is 0.311 e. The number of nitrogens with zero attached hydrogens (tertiary/aromatic N) is 2. The third-order valence-corrected chi connectivity index (χ3v) is 2.76. The van der Waals surface area contributed by atoms with E-state index in [1.165, 1.54) is 6.07 Å². The maximum Gasteiger partial charge on any atom is 0.311 e. The van der Waals surface area contributed by atoms with Gasteiger partial charge in [-0.25, -0.2) is 4.98 Å². The summed E-state index contributed by atoms with van der Waals surface area (Å²) < 4.78 is 0. The van der Waals surface area contributed by atoms with E-state index in [-0.39, 0.29) is 18.1 Å². The van der Waals surface area contributed by atoms with Gasteiger partial charge in [-0.2, -0.15) is 0 Å². The summed E-state index contributed by atoms with van der Waals surface area (Å²) in [4.78, 5) is 14.5. The molecule has 0 aliphatic rings. The number of aliphatic hydroxyl groups is 1. The van der Waals surface area contributed by atoms with E-state index in [1.807, 2.05) is 6.92 Å². The summed E-state index contributed by atoms with van der Waals surface area (Å²) in [7, 11) is 0. The molecular formula is C11H17N3O3. The maximum absolute atomic E-state index is 10.9. The van der Waals surface area contributed by atoms with Crippen molar-refractivity contribution in [1.29, 1.82) is 0 Å². The van der Waals surface area contributed by atoms with Gasteiger partial charge in [0.25, 0.3) is 0 Å². The van der Waals surface area contributed by atoms with Crippen LogP contribution in [0.5, 0.6) is 0 Å². The Kier molecular flexibility index (Phi) is 4.01. The monoisotopic (exact) mass is 239 g/mol. The number of aromatic nitrogens is 1. The fourth-order valence-corrected chi connectivity index (χ4v) is 1.31. The molecule has 94 valence electrons. The Balaban J connectivity index is 3.12. The van der Waals surface area contributed by atoms with E-state index in [9.17, 15) is 15.2 Å². The van der Waals surface area contributed by atoms with Gasteiger partial charge in [-0.3, -0.25) is 10.1 Å². The average Bonchev–Trinajstić information content (AvgIpc) is 2.28. The number of hydrogen-bond acceptors (Lipinski definition) is 5. The van der Waals surface area contributed by atoms with E-state index in [1.54, 1.807) is 19.9 Å². The summed E-state index contributed by atoms with van der Waals surface area (Å²) in [5.41, 5.74) is 0.00386. The Morgan fingerprint density at radius 1 is 1.59 bits per heavy atom. The Hall–Kier alpha value is -1.69. The predicted octanol–water partition coefficient (Wildman–Crippen LogP) is 1.87. The van der Waals surface area contributed by atoms with Crippen LogP contribution in [0.25, 0.3) is 0 Å². The highest BCUT2D eigenvalue weighted by molar-refractivity contribution is 5.57. The zero-order valence-electron chi connectivity index (χ0n) is 10.2. The van der Waals surface area contributed by atoms with Gasteiger partial charge in [0.05, 0.1) is 17.1 Å². The van der Waals surface area contributed by atoms with Crippen LogP contribution in [0, 0.1) is 17.0 Å². The molecule has 0 radical (unpaired) electrons. The van der Waals surface area contributed by atoms with Crippen molar-refractivity contribution < 1.29 is 10.0 Å². The molecule has 0 aromatic carbocycles. The largest absolute Gasteiger partial charge is 0.394 e. The van der Waals surface area contributed by atoms with E-state index < -0.39 is 10.5 Å². The highest BCUT2D eigenvalue weighted by Gasteiger charge is 2.25. The van der Waals surface area contributed by atoms with Crippen molar-refractivity contribution >= 4 is 11.5 Å². The quantitative estimate of drug-likeness (QED) is 0.605. The van der Waals surface area contributed by atoms with Gasteiger partial charge < -0.3 is 10.4 Å². The van der Waals surface area contributed by atoms with Crippen LogP contribution in [0.1, 0.15) is 26.0 Å². The van der Waals surface area contributed by atoms with Crippen LogP contribution >= 0.6 is 0 Å². The standard InChI is InChI=1S/C11H17N3O3/c1-4-11(3,7-15)13-10-9(14(16)17)6-5-8(2)12-10/h5-6,15H,4,7H2,1-3H3,(H,12,13). The summed E-state index contributed by atoms with van der Waals surface area (Å²) in [5.74, 6) is 0.202. The van der Waals surface area contributed by atoms with Crippen molar-refractivity contribution in [3.05, 3.63) is 27.9 Å². The number of rotatable bonds is 5. The Bertz CT molecular complexity index is 416. The molecule has 0 aliphatic heterocycles. The van der Waals surface area contributed by atoms with Gasteiger partial charge in [-0.05, 0) is 26.3 Å². The minimum Gasteiger partial charge on any atom is -0.394 e. The molecule has 0 saturated carbocycles. The molecule has 0 amide bonds. The lowest BCUT2D eigenvalue weighted by Crippen LogP contribution is -2.38. The molecule has 0 fully saturated rings. The van der Waals surface area contributed by atoms with Crippen LogP contribution < -0.4 is 5.32 Å². The molecular weight excluding hydrogens is 222 g/mol. The van der Waals surface area contributed by atoms with Crippen molar-refractivity contribution in [1.82, 2.24) is 4.98 Å². The molecule has 0 saturated heterocycles. The maximum atomic E-state index is 10.9. The third kappa shape index (κ3) is 3.13. The third-order valence-electron chi connectivity index (χ3n) is 2.76. The Morgan fingerprint density at radius 3 is 2.71 bits per heavy atom. The minimum absolute atomic E-state index is 0.0799. The Morgan fingerprint density at radius 2 is 2.24 bits per heavy atom. The molecule has 0 spiro atoms. The fourth-order valence-electron chi connectivity index (χ4n) is 1.31. The van der Waals surface area contributed by atoms with Gasteiger partial charge in [-0.15, -0.1) is 0 Å². The van der Waals surface area contributed by atoms with Gasteiger partial charge in [0.1, 0.15) is 0 Å². The van der Waals surface area contributed by atoms with E-state index in [2.05, 4.69) is 10.3 Å². The number of nitrogens with one attached hydrogen (secondary N) is 1. The number of hydrogen-bond donors (Lipinski definition) is 2. The highest BCUT2D eigenvalue weighted by atomic mass is 16.6. The highest BCUT2D eigenvalue weighted by Crippen LogP contribution is 2.26. The second-order valence-corrected chi connectivity index (χ2v) is 4.27. The first-order valence-electron chi connectivity index (χ1n) is 5.43. The Labute approximate surface area is 99.8 Å². The molecule has 0 bridgehead atoms. The lowest BCUT2D eigenvalue weighted by molar-refractivity contribution is -0.384. The molecule has 1 heterocycles. The number of aryl methyl sites for hydroxylation is 1. The molecule has 1 rings (SSSR count). The van der Waals surface area contributed by atoms with Crippen LogP contribution in [-0.4, -0.2) is 27.2 Å². The van der Waals surface area contributed by atoms with E-state index in [0.29, 0.717) is 12.1 Å². The van der Waals surface area contributed by atoms with Crippen molar-refractivity contribution in [2.24, 2.45) is 0 Å². The molecule has 1 aromatic heterocycles. The lowest BCUT2D eigenvalue weighted by Gasteiger charge is -2.27. The zero-order chi connectivity index (χ0) is 13.1. The molecule has 6 heteroatoms. The number of aliphatic hydroxyl groups excluding tert-OH is 1. The number of anilines is 1. The summed E-state index contributed by atoms with van der Waals surface area (Å²) in [6.45, 7) is 5.33. The SMILES string of the molecule is CCC(C)(CO)Nc1nc(C)ccc1[N+](=O)[O-]. The summed E-state index contributed by atoms with van der Waals surface area (Å²) >= 11 is 0. The lowest BCUT2D eigenvalue weighted by atomic mass is 10.0. The minimum atomic E-state index is -0.606. The van der Waals surface area contributed by atoms with Crippen LogP contribution in [0.4, 0.5) is 11.5 Å². The van der Waals surface area contributed by atoms with Gasteiger partial charge in [0, 0.05) is 11.8 Å². The van der Waals surface area contributed by atoms with Crippen molar-refractivity contribution in [2.45, 2.75) is 32.7 Å². The molecule has 17 heavy (non-hydrogen) atoms. The van der Waals surface area contributed by atoms with E-state index in [0.717, 1.165) is 0 Å². The topological polar surface area (TPSA) is 88.3 Å². The summed E-state index contributed by atoms with van der Waals surface area (Å²) in [6.07, 6.45) is 0.635. The second kappa shape index (κ2) is 5.09. The molecule has 1 atom stereocenters. The van der Waals surface area contributed by atoms with Crippen LogP contribution in [0.15, 0.2) is 12.1 Å². The van der Waals surface area contributed by atoms with Gasteiger partial charge in [0.2, 0.25) is 5.82 Å². The second-order valence-electron chi connectivity index (χ2n) is 4.27. The van der Waals surface area contributed by atoms with Gasteiger partial charge >= 0.3 is 5.69 Å². The molecule has 2 N–H and O–H groups in total. The number of pyridine rings is 1. The van der Waals surface area contributed by atoms with Gasteiger partial charge in [0.15, 0.2) is 0 Å². The van der Waals surface area contributed by atoms with Gasteiger partial charge in [-0.1, -0.05) is 6.92 Å². The summed E-state index contributed by atoms with van der Waals surface area (Å²) in [6, 6.07) is 3.00. The molecule has 0 aliphatic carbocycles. The van der Waals surface area contributed by atoms with Crippen molar-refractivity contribution in [3.63, 3.8) is 0 Å². The molecule has 1 aromatic rings. The number of nitro groups is 1. The van der Waals surface area contributed by atoms with Crippen LogP contribution in [0.3, 0.4) is 0 Å². The van der Waals surface area contributed by atoms with Crippen LogP contribution in [0.2, 0.25) is 0 Å². The normalized spacial score (nSPS) is 14.1. The fraction of sp³-hybridized carbons (Fsp3) is 0.545.